The van der Waals surface area contributed by atoms with Crippen molar-refractivity contribution in [3.8, 4) is 45.3 Å². The van der Waals surface area contributed by atoms with Crippen molar-refractivity contribution in [3.05, 3.63) is 59.7 Å². The minimum Gasteiger partial charge on any atom is -0.496 e. The van der Waals surface area contributed by atoms with Crippen LogP contribution in [0.1, 0.15) is 11.1 Å². The maximum Gasteiger partial charge on any atom is 0.130 e. The summed E-state index contributed by atoms with van der Waals surface area (Å²) in [4.78, 5) is 0. The molecule has 0 heterocycles. The molecule has 0 aliphatic heterocycles. The molecule has 4 nitrogen and oxygen atoms in total. The third kappa shape index (κ3) is 3.63. The molecule has 146 valence electrons. The van der Waals surface area contributed by atoms with Gasteiger partial charge in [0.15, 0.2) is 0 Å². The van der Waals surface area contributed by atoms with Crippen LogP contribution in [0.2, 0.25) is 0 Å². The zero-order valence-corrected chi connectivity index (χ0v) is 17.3. The lowest BCUT2D eigenvalue weighted by Gasteiger charge is -2.17. The molecule has 28 heavy (non-hydrogen) atoms. The summed E-state index contributed by atoms with van der Waals surface area (Å²) >= 11 is 0. The van der Waals surface area contributed by atoms with E-state index in [2.05, 4.69) is 24.3 Å². The summed E-state index contributed by atoms with van der Waals surface area (Å²) < 4.78 is 22.4. The van der Waals surface area contributed by atoms with Crippen molar-refractivity contribution in [1.29, 1.82) is 0 Å². The number of methoxy groups -OCH3 is 4. The minimum absolute atomic E-state index is 0.787. The first-order chi connectivity index (χ1) is 13.5. The Kier molecular flexibility index (Phi) is 5.78. The van der Waals surface area contributed by atoms with E-state index in [0.29, 0.717) is 0 Å². The lowest BCUT2D eigenvalue weighted by atomic mass is 9.96. The summed E-state index contributed by atoms with van der Waals surface area (Å²) in [7, 11) is 6.70. The van der Waals surface area contributed by atoms with E-state index in [1.807, 2.05) is 38.1 Å². The van der Waals surface area contributed by atoms with E-state index in [9.17, 15) is 0 Å². The quantitative estimate of drug-likeness (QED) is 0.554. The van der Waals surface area contributed by atoms with Gasteiger partial charge >= 0.3 is 0 Å². The van der Waals surface area contributed by atoms with Gasteiger partial charge in [-0.3, -0.25) is 0 Å². The molecule has 3 rings (SSSR count). The highest BCUT2D eigenvalue weighted by Crippen LogP contribution is 2.43. The van der Waals surface area contributed by atoms with E-state index in [0.717, 1.165) is 56.4 Å². The molecule has 0 unspecified atom stereocenters. The van der Waals surface area contributed by atoms with Gasteiger partial charge in [0.2, 0.25) is 0 Å². The van der Waals surface area contributed by atoms with Gasteiger partial charge in [0.05, 0.1) is 39.6 Å². The summed E-state index contributed by atoms with van der Waals surface area (Å²) in [5.41, 5.74) is 6.08. The molecule has 0 aromatic heterocycles. The fourth-order valence-electron chi connectivity index (χ4n) is 3.46. The maximum atomic E-state index is 5.60. The molecule has 0 radical (unpaired) electrons. The summed E-state index contributed by atoms with van der Waals surface area (Å²) in [5, 5.41) is 0. The second kappa shape index (κ2) is 8.26. The Morgan fingerprint density at radius 1 is 0.464 bits per heavy atom. The summed E-state index contributed by atoms with van der Waals surface area (Å²) in [6.45, 7) is 4.04. The first kappa shape index (κ1) is 19.6. The van der Waals surface area contributed by atoms with Crippen LogP contribution in [0, 0.1) is 13.8 Å². The molecule has 0 saturated carbocycles. The smallest absolute Gasteiger partial charge is 0.130 e. The van der Waals surface area contributed by atoms with Gasteiger partial charge in [-0.1, -0.05) is 24.3 Å². The predicted molar refractivity (Wildman–Crippen MR) is 113 cm³/mol. The number of hydrogen-bond acceptors (Lipinski definition) is 4. The van der Waals surface area contributed by atoms with E-state index in [-0.39, 0.29) is 0 Å². The summed E-state index contributed by atoms with van der Waals surface area (Å²) in [6, 6.07) is 16.3. The van der Waals surface area contributed by atoms with Gasteiger partial charge in [0.25, 0.3) is 0 Å². The normalized spacial score (nSPS) is 10.5. The van der Waals surface area contributed by atoms with Gasteiger partial charge in [0, 0.05) is 0 Å². The molecule has 0 aliphatic rings. The van der Waals surface area contributed by atoms with Crippen LogP contribution in [0.4, 0.5) is 0 Å². The molecule has 0 amide bonds. The Balaban J connectivity index is 2.12. The monoisotopic (exact) mass is 378 g/mol. The van der Waals surface area contributed by atoms with E-state index in [4.69, 9.17) is 18.9 Å². The van der Waals surface area contributed by atoms with E-state index in [1.165, 1.54) is 0 Å². The van der Waals surface area contributed by atoms with Crippen molar-refractivity contribution >= 4 is 0 Å². The lowest BCUT2D eigenvalue weighted by molar-refractivity contribution is 0.396. The second-order valence-corrected chi connectivity index (χ2v) is 6.67. The number of ether oxygens (including phenoxy) is 4. The third-order valence-electron chi connectivity index (χ3n) is 4.76. The zero-order chi connectivity index (χ0) is 20.3. The largest absolute Gasteiger partial charge is 0.496 e. The average Bonchev–Trinajstić information content (AvgIpc) is 2.72. The first-order valence-electron chi connectivity index (χ1n) is 9.08. The first-order valence-corrected chi connectivity index (χ1v) is 9.08. The summed E-state index contributed by atoms with van der Waals surface area (Å²) in [5.74, 6) is 3.15. The zero-order valence-electron chi connectivity index (χ0n) is 17.3. The van der Waals surface area contributed by atoms with Crippen LogP contribution in [0.15, 0.2) is 48.5 Å². The fourth-order valence-corrected chi connectivity index (χ4v) is 3.46. The predicted octanol–water partition coefficient (Wildman–Crippen LogP) is 5.67. The number of rotatable bonds is 6. The van der Waals surface area contributed by atoms with Gasteiger partial charge in [0.1, 0.15) is 23.0 Å². The average molecular weight is 378 g/mol. The molecule has 0 spiro atoms. The van der Waals surface area contributed by atoms with Crippen LogP contribution >= 0.6 is 0 Å². The van der Waals surface area contributed by atoms with Crippen molar-refractivity contribution in [2.45, 2.75) is 13.8 Å². The Bertz CT molecular complexity index is 844. The topological polar surface area (TPSA) is 36.9 Å². The highest BCUT2D eigenvalue weighted by Gasteiger charge is 2.16. The molecular formula is C24H26O4. The molecule has 0 saturated heterocycles. The standard InChI is InChI=1S/C24H26O4/c1-15-11-19(25-3)23(20(12-15)26-4)17-7-9-18(10-8-17)24-21(27-5)13-16(2)14-22(24)28-6/h7-14H,1-6H3. The number of benzene rings is 3. The highest BCUT2D eigenvalue weighted by molar-refractivity contribution is 5.82. The minimum atomic E-state index is 0.787. The van der Waals surface area contributed by atoms with Crippen molar-refractivity contribution in [2.75, 3.05) is 28.4 Å². The number of hydrogen-bond donors (Lipinski definition) is 0. The second-order valence-electron chi connectivity index (χ2n) is 6.67. The van der Waals surface area contributed by atoms with Crippen LogP contribution in [-0.2, 0) is 0 Å². The Labute approximate surface area is 166 Å². The molecule has 0 atom stereocenters. The van der Waals surface area contributed by atoms with Gasteiger partial charge in [-0.25, -0.2) is 0 Å². The van der Waals surface area contributed by atoms with Crippen LogP contribution in [0.3, 0.4) is 0 Å². The lowest BCUT2D eigenvalue weighted by Crippen LogP contribution is -1.96. The Morgan fingerprint density at radius 3 is 0.929 bits per heavy atom. The highest BCUT2D eigenvalue weighted by atomic mass is 16.5. The van der Waals surface area contributed by atoms with Gasteiger partial charge in [-0.05, 0) is 60.4 Å². The van der Waals surface area contributed by atoms with Gasteiger partial charge in [-0.2, -0.15) is 0 Å². The van der Waals surface area contributed by atoms with Crippen LogP contribution < -0.4 is 18.9 Å². The van der Waals surface area contributed by atoms with Gasteiger partial charge in [-0.15, -0.1) is 0 Å². The van der Waals surface area contributed by atoms with Gasteiger partial charge < -0.3 is 18.9 Å². The van der Waals surface area contributed by atoms with Crippen LogP contribution in [0.25, 0.3) is 22.3 Å². The molecule has 3 aromatic rings. The van der Waals surface area contributed by atoms with E-state index < -0.39 is 0 Å². The van der Waals surface area contributed by atoms with Crippen molar-refractivity contribution in [1.82, 2.24) is 0 Å². The van der Waals surface area contributed by atoms with Crippen molar-refractivity contribution < 1.29 is 18.9 Å². The Morgan fingerprint density at radius 2 is 0.714 bits per heavy atom. The molecule has 0 bridgehead atoms. The summed E-state index contributed by atoms with van der Waals surface area (Å²) in [6.07, 6.45) is 0. The molecule has 4 heteroatoms. The Hall–Kier alpha value is -3.14. The van der Waals surface area contributed by atoms with E-state index in [1.54, 1.807) is 28.4 Å². The molecule has 0 N–H and O–H groups in total. The maximum absolute atomic E-state index is 5.60. The molecular weight excluding hydrogens is 352 g/mol. The van der Waals surface area contributed by atoms with Crippen molar-refractivity contribution in [2.24, 2.45) is 0 Å². The van der Waals surface area contributed by atoms with Crippen molar-refractivity contribution in [3.63, 3.8) is 0 Å². The number of aryl methyl sites for hydroxylation is 2. The van der Waals surface area contributed by atoms with Crippen LogP contribution in [-0.4, -0.2) is 28.4 Å². The fraction of sp³-hybridized carbons (Fsp3) is 0.250. The molecule has 0 fully saturated rings. The SMILES string of the molecule is COc1cc(C)cc(OC)c1-c1ccc(-c2c(OC)cc(C)cc2OC)cc1. The molecule has 0 aliphatic carbocycles. The van der Waals surface area contributed by atoms with Crippen LogP contribution in [0.5, 0.6) is 23.0 Å². The van der Waals surface area contributed by atoms with E-state index >= 15 is 0 Å². The molecule has 3 aromatic carbocycles. The third-order valence-corrected chi connectivity index (χ3v) is 4.76.